The number of hydrogen-bond acceptors (Lipinski definition) is 6. The molecule has 1 aliphatic rings. The lowest BCUT2D eigenvalue weighted by molar-refractivity contribution is 0.0607. The summed E-state index contributed by atoms with van der Waals surface area (Å²) < 4.78 is 4.73. The molecule has 0 amide bonds. The highest BCUT2D eigenvalue weighted by atomic mass is 35.5. The van der Waals surface area contributed by atoms with Crippen LogP contribution in [0.4, 0.5) is 5.69 Å². The number of halogens is 2. The second-order valence-electron chi connectivity index (χ2n) is 4.79. The Morgan fingerprint density at radius 3 is 3.00 bits per heavy atom. The number of thiophene rings is 1. The van der Waals surface area contributed by atoms with Gasteiger partial charge in [0.1, 0.15) is 4.88 Å². The lowest BCUT2D eigenvalue weighted by Crippen LogP contribution is -2.04. The number of rotatable bonds is 4. The Kier molecular flexibility index (Phi) is 5.50. The number of carbonyl (C=O) groups excluding carboxylic acids is 1. The maximum absolute atomic E-state index is 11.6. The molecule has 8 heteroatoms. The second kappa shape index (κ2) is 7.61. The summed E-state index contributed by atoms with van der Waals surface area (Å²) >= 11 is 15.5. The lowest BCUT2D eigenvalue weighted by Gasteiger charge is -2.17. The van der Waals surface area contributed by atoms with Crippen molar-refractivity contribution in [2.45, 2.75) is 4.90 Å². The summed E-state index contributed by atoms with van der Waals surface area (Å²) in [4.78, 5) is 13.2. The molecule has 0 radical (unpaired) electrons. The standard InChI is InChI=1S/C16H12Cl2N2O2S2/c1-22-16(21)15-12(4-5-23-15)20-19-7-9-8-24-13-3-2-10(17)6-11(13)14(9)18/h2-7,20H,8H2,1H3/b19-7+. The largest absolute Gasteiger partial charge is 0.465 e. The normalized spacial score (nSPS) is 14.0. The van der Waals surface area contributed by atoms with Crippen LogP contribution in [-0.2, 0) is 4.74 Å². The Morgan fingerprint density at radius 2 is 2.21 bits per heavy atom. The van der Waals surface area contributed by atoms with Crippen molar-refractivity contribution in [1.82, 2.24) is 0 Å². The molecule has 2 heterocycles. The van der Waals surface area contributed by atoms with Crippen LogP contribution in [0.2, 0.25) is 5.02 Å². The first kappa shape index (κ1) is 17.4. The topological polar surface area (TPSA) is 50.7 Å². The fourth-order valence-electron chi connectivity index (χ4n) is 2.11. The highest BCUT2D eigenvalue weighted by Crippen LogP contribution is 2.39. The van der Waals surface area contributed by atoms with Crippen molar-refractivity contribution < 1.29 is 9.53 Å². The van der Waals surface area contributed by atoms with Crippen LogP contribution < -0.4 is 5.43 Å². The number of hydrogen-bond donors (Lipinski definition) is 1. The van der Waals surface area contributed by atoms with Crippen LogP contribution >= 0.6 is 46.3 Å². The smallest absolute Gasteiger partial charge is 0.350 e. The van der Waals surface area contributed by atoms with Gasteiger partial charge in [0.15, 0.2) is 0 Å². The molecule has 3 rings (SSSR count). The molecule has 0 saturated carbocycles. The summed E-state index contributed by atoms with van der Waals surface area (Å²) in [6.45, 7) is 0. The molecule has 0 fully saturated rings. The maximum atomic E-state index is 11.6. The molecule has 0 bridgehead atoms. The Morgan fingerprint density at radius 1 is 1.38 bits per heavy atom. The number of nitrogens with one attached hydrogen (secondary N) is 1. The van der Waals surface area contributed by atoms with Gasteiger partial charge in [-0.25, -0.2) is 4.79 Å². The van der Waals surface area contributed by atoms with Crippen LogP contribution in [0, 0.1) is 0 Å². The van der Waals surface area contributed by atoms with Crippen LogP contribution in [0.15, 0.2) is 45.2 Å². The zero-order valence-corrected chi connectivity index (χ0v) is 15.7. The van der Waals surface area contributed by atoms with Gasteiger partial charge in [0, 0.05) is 26.8 Å². The minimum absolute atomic E-state index is 0.392. The lowest BCUT2D eigenvalue weighted by atomic mass is 10.1. The molecule has 0 atom stereocenters. The molecule has 4 nitrogen and oxygen atoms in total. The molecular formula is C16H12Cl2N2O2S2. The Balaban J connectivity index is 1.79. The molecule has 0 unspecified atom stereocenters. The summed E-state index contributed by atoms with van der Waals surface area (Å²) in [6, 6.07) is 7.43. The monoisotopic (exact) mass is 398 g/mol. The average molecular weight is 399 g/mol. The van der Waals surface area contributed by atoms with E-state index in [9.17, 15) is 4.79 Å². The van der Waals surface area contributed by atoms with Gasteiger partial charge in [0.25, 0.3) is 0 Å². The predicted molar refractivity (Wildman–Crippen MR) is 103 cm³/mol. The summed E-state index contributed by atoms with van der Waals surface area (Å²) in [5.74, 6) is 0.323. The number of benzene rings is 1. The van der Waals surface area contributed by atoms with Crippen molar-refractivity contribution in [2.24, 2.45) is 5.10 Å². The minimum Gasteiger partial charge on any atom is -0.465 e. The third-order valence-corrected chi connectivity index (χ3v) is 5.98. The molecule has 0 saturated heterocycles. The Hall–Kier alpha value is -1.47. The minimum atomic E-state index is -0.392. The number of carbonyl (C=O) groups is 1. The maximum Gasteiger partial charge on any atom is 0.350 e. The first-order chi connectivity index (χ1) is 11.6. The summed E-state index contributed by atoms with van der Waals surface area (Å²) in [6.07, 6.45) is 1.66. The van der Waals surface area contributed by atoms with E-state index in [0.717, 1.165) is 16.0 Å². The predicted octanol–water partition coefficient (Wildman–Crippen LogP) is 5.34. The zero-order valence-electron chi connectivity index (χ0n) is 12.5. The number of anilines is 1. The van der Waals surface area contributed by atoms with E-state index in [1.165, 1.54) is 18.4 Å². The molecule has 2 aromatic rings. The molecule has 0 spiro atoms. The number of methoxy groups -OCH3 is 1. The fourth-order valence-corrected chi connectivity index (χ4v) is 4.46. The molecule has 124 valence electrons. The Bertz CT molecular complexity index is 846. The first-order valence-corrected chi connectivity index (χ1v) is 9.48. The van der Waals surface area contributed by atoms with Gasteiger partial charge >= 0.3 is 5.97 Å². The van der Waals surface area contributed by atoms with E-state index >= 15 is 0 Å². The zero-order chi connectivity index (χ0) is 17.1. The van der Waals surface area contributed by atoms with Crippen molar-refractivity contribution in [3.05, 3.63) is 50.7 Å². The Labute approximate surface area is 157 Å². The van der Waals surface area contributed by atoms with Gasteiger partial charge in [-0.15, -0.1) is 23.1 Å². The number of ether oxygens (including phenoxy) is 1. The van der Waals surface area contributed by atoms with Crippen LogP contribution in [0.1, 0.15) is 15.2 Å². The highest BCUT2D eigenvalue weighted by Gasteiger charge is 2.18. The number of esters is 1. The molecular weight excluding hydrogens is 387 g/mol. The summed E-state index contributed by atoms with van der Waals surface area (Å²) in [7, 11) is 1.35. The molecule has 1 N–H and O–H groups in total. The molecule has 1 aromatic carbocycles. The third kappa shape index (κ3) is 3.62. The van der Waals surface area contributed by atoms with Crippen molar-refractivity contribution >= 4 is 69.2 Å². The van der Waals surface area contributed by atoms with E-state index in [4.69, 9.17) is 27.9 Å². The van der Waals surface area contributed by atoms with Crippen LogP contribution in [-0.4, -0.2) is 25.0 Å². The van der Waals surface area contributed by atoms with E-state index in [1.54, 1.807) is 29.4 Å². The van der Waals surface area contributed by atoms with E-state index in [2.05, 4.69) is 10.5 Å². The first-order valence-electron chi connectivity index (χ1n) is 6.86. The highest BCUT2D eigenvalue weighted by molar-refractivity contribution is 7.99. The van der Waals surface area contributed by atoms with Crippen molar-refractivity contribution in [3.63, 3.8) is 0 Å². The number of fused-ring (bicyclic) bond motifs is 1. The van der Waals surface area contributed by atoms with Crippen LogP contribution in [0.25, 0.3) is 5.03 Å². The van der Waals surface area contributed by atoms with Crippen molar-refractivity contribution in [3.8, 4) is 0 Å². The van der Waals surface area contributed by atoms with E-state index < -0.39 is 5.97 Å². The van der Waals surface area contributed by atoms with E-state index in [0.29, 0.717) is 26.4 Å². The van der Waals surface area contributed by atoms with Gasteiger partial charge in [0.05, 0.1) is 24.0 Å². The SMILES string of the molecule is COC(=O)c1sccc1N/N=C/C1=C(Cl)c2cc(Cl)ccc2SC1. The third-order valence-electron chi connectivity index (χ3n) is 3.28. The summed E-state index contributed by atoms with van der Waals surface area (Å²) in [5.41, 5.74) is 5.26. The molecule has 0 aliphatic carbocycles. The van der Waals surface area contributed by atoms with Crippen LogP contribution in [0.5, 0.6) is 0 Å². The number of thioether (sulfide) groups is 1. The van der Waals surface area contributed by atoms with Crippen LogP contribution in [0.3, 0.4) is 0 Å². The van der Waals surface area contributed by atoms with E-state index in [1.807, 2.05) is 18.2 Å². The van der Waals surface area contributed by atoms with Gasteiger partial charge in [-0.2, -0.15) is 5.10 Å². The van der Waals surface area contributed by atoms with Gasteiger partial charge in [-0.05, 0) is 29.6 Å². The number of nitrogens with zero attached hydrogens (tertiary/aromatic N) is 1. The van der Waals surface area contributed by atoms with Crippen molar-refractivity contribution in [1.29, 1.82) is 0 Å². The van der Waals surface area contributed by atoms with Gasteiger partial charge in [-0.1, -0.05) is 23.2 Å². The molecule has 24 heavy (non-hydrogen) atoms. The molecule has 1 aliphatic heterocycles. The van der Waals surface area contributed by atoms with Gasteiger partial charge in [0.2, 0.25) is 0 Å². The van der Waals surface area contributed by atoms with Gasteiger partial charge in [-0.3, -0.25) is 5.43 Å². The fraction of sp³-hybridized carbons (Fsp3) is 0.125. The summed E-state index contributed by atoms with van der Waals surface area (Å²) in [5, 5.41) is 7.27. The van der Waals surface area contributed by atoms with E-state index in [-0.39, 0.29) is 0 Å². The van der Waals surface area contributed by atoms with Crippen molar-refractivity contribution in [2.75, 3.05) is 18.3 Å². The quantitative estimate of drug-likeness (QED) is 0.428. The second-order valence-corrected chi connectivity index (χ2v) is 7.54. The van der Waals surface area contributed by atoms with Gasteiger partial charge < -0.3 is 4.74 Å². The molecule has 1 aromatic heterocycles. The average Bonchev–Trinajstić information content (AvgIpc) is 3.05. The number of hydrazone groups is 1.